The normalized spacial score (nSPS) is 16.9. The van der Waals surface area contributed by atoms with Crippen LogP contribution in [0.25, 0.3) is 0 Å². The summed E-state index contributed by atoms with van der Waals surface area (Å²) in [6.45, 7) is 9.04. The van der Waals surface area contributed by atoms with Crippen molar-refractivity contribution in [2.45, 2.75) is 32.9 Å². The third-order valence-corrected chi connectivity index (χ3v) is 4.68. The van der Waals surface area contributed by atoms with Gasteiger partial charge in [0.1, 0.15) is 6.04 Å². The average Bonchev–Trinajstić information content (AvgIpc) is 2.61. The number of carbonyl (C=O) groups excluding carboxylic acids is 2. The molecule has 1 aliphatic heterocycles. The quantitative estimate of drug-likeness (QED) is 0.717. The maximum atomic E-state index is 12.1. The second-order valence-electron chi connectivity index (χ2n) is 6.76. The van der Waals surface area contributed by atoms with Gasteiger partial charge in [0.15, 0.2) is 0 Å². The summed E-state index contributed by atoms with van der Waals surface area (Å²) in [5.74, 6) is -0.237. The molecule has 26 heavy (non-hydrogen) atoms. The van der Waals surface area contributed by atoms with Gasteiger partial charge in [0.05, 0.1) is 6.54 Å². The van der Waals surface area contributed by atoms with Crippen molar-refractivity contribution in [3.05, 3.63) is 34.9 Å². The third kappa shape index (κ3) is 6.94. The molecule has 144 valence electrons. The molecule has 0 radical (unpaired) electrons. The van der Waals surface area contributed by atoms with E-state index in [0.717, 1.165) is 44.2 Å². The average molecular weight is 381 g/mol. The molecule has 1 saturated heterocycles. The number of piperazine rings is 1. The van der Waals surface area contributed by atoms with Gasteiger partial charge in [0, 0.05) is 44.3 Å². The summed E-state index contributed by atoms with van der Waals surface area (Å²) in [4.78, 5) is 28.5. The minimum absolute atomic E-state index is 0.104. The van der Waals surface area contributed by atoms with Crippen molar-refractivity contribution in [1.82, 2.24) is 20.4 Å². The Morgan fingerprint density at radius 3 is 2.54 bits per heavy atom. The molecule has 0 aliphatic carbocycles. The Hall–Kier alpha value is -1.63. The second kappa shape index (κ2) is 10.5. The Kier molecular flexibility index (Phi) is 8.35. The van der Waals surface area contributed by atoms with E-state index < -0.39 is 6.04 Å². The molecule has 1 aromatic carbocycles. The molecule has 7 heteroatoms. The third-order valence-electron chi connectivity index (χ3n) is 4.45. The van der Waals surface area contributed by atoms with E-state index in [1.165, 1.54) is 5.56 Å². The second-order valence-corrected chi connectivity index (χ2v) is 7.20. The lowest BCUT2D eigenvalue weighted by molar-refractivity contribution is -0.129. The van der Waals surface area contributed by atoms with E-state index in [-0.39, 0.29) is 11.8 Å². The monoisotopic (exact) mass is 380 g/mol. The zero-order chi connectivity index (χ0) is 18.9. The van der Waals surface area contributed by atoms with Crippen molar-refractivity contribution in [2.75, 3.05) is 39.3 Å². The number of hydrogen-bond acceptors (Lipinski definition) is 4. The molecule has 1 aromatic rings. The molecule has 2 N–H and O–H groups in total. The van der Waals surface area contributed by atoms with Gasteiger partial charge in [-0.25, -0.2) is 0 Å². The zero-order valence-corrected chi connectivity index (χ0v) is 16.4. The van der Waals surface area contributed by atoms with E-state index in [2.05, 4.69) is 26.5 Å². The number of nitrogens with one attached hydrogen (secondary N) is 2. The van der Waals surface area contributed by atoms with E-state index in [1.807, 2.05) is 25.1 Å². The first kappa shape index (κ1) is 20.7. The van der Waals surface area contributed by atoms with Crippen LogP contribution in [0.5, 0.6) is 0 Å². The molecule has 0 saturated carbocycles. The fourth-order valence-electron chi connectivity index (χ4n) is 2.96. The van der Waals surface area contributed by atoms with E-state index >= 15 is 0 Å². The van der Waals surface area contributed by atoms with Gasteiger partial charge in [-0.2, -0.15) is 0 Å². The first-order chi connectivity index (χ1) is 12.5. The molecule has 6 nitrogen and oxygen atoms in total. The molecule has 1 heterocycles. The molecule has 1 atom stereocenters. The molecule has 0 bridgehead atoms. The maximum absolute atomic E-state index is 12.1. The van der Waals surface area contributed by atoms with Gasteiger partial charge < -0.3 is 10.6 Å². The Bertz CT molecular complexity index is 603. The fraction of sp³-hybridized carbons (Fsp3) is 0.579. The summed E-state index contributed by atoms with van der Waals surface area (Å²) >= 11 is 6.04. The van der Waals surface area contributed by atoms with Gasteiger partial charge in [0.25, 0.3) is 0 Å². The van der Waals surface area contributed by atoms with Gasteiger partial charge in [-0.3, -0.25) is 19.4 Å². The molecule has 1 aliphatic rings. The van der Waals surface area contributed by atoms with Crippen LogP contribution >= 0.6 is 11.6 Å². The van der Waals surface area contributed by atoms with Crippen LogP contribution in [0.3, 0.4) is 0 Å². The lowest BCUT2D eigenvalue weighted by Gasteiger charge is -2.34. The van der Waals surface area contributed by atoms with Gasteiger partial charge in [-0.15, -0.1) is 0 Å². The van der Waals surface area contributed by atoms with Crippen LogP contribution in [0.4, 0.5) is 0 Å². The van der Waals surface area contributed by atoms with Crippen LogP contribution in [-0.2, 0) is 16.1 Å². The minimum atomic E-state index is -0.502. The number of carbonyl (C=O) groups is 2. The maximum Gasteiger partial charge on any atom is 0.242 e. The first-order valence-electron chi connectivity index (χ1n) is 9.24. The summed E-state index contributed by atoms with van der Waals surface area (Å²) in [6, 6.07) is 7.42. The number of amides is 2. The van der Waals surface area contributed by atoms with Crippen molar-refractivity contribution in [1.29, 1.82) is 0 Å². The van der Waals surface area contributed by atoms with Gasteiger partial charge in [0.2, 0.25) is 11.8 Å². The highest BCUT2D eigenvalue weighted by atomic mass is 35.5. The van der Waals surface area contributed by atoms with Crippen LogP contribution in [0, 0.1) is 0 Å². The Morgan fingerprint density at radius 2 is 1.88 bits per heavy atom. The highest BCUT2D eigenvalue weighted by Gasteiger charge is 2.21. The summed E-state index contributed by atoms with van der Waals surface area (Å²) in [5, 5.41) is 6.32. The summed E-state index contributed by atoms with van der Waals surface area (Å²) < 4.78 is 0. The van der Waals surface area contributed by atoms with Crippen molar-refractivity contribution >= 4 is 23.4 Å². The zero-order valence-electron chi connectivity index (χ0n) is 15.6. The molecule has 0 spiro atoms. The Morgan fingerprint density at radius 1 is 1.19 bits per heavy atom. The number of nitrogens with zero attached hydrogens (tertiary/aromatic N) is 2. The van der Waals surface area contributed by atoms with Crippen LogP contribution in [0.2, 0.25) is 5.02 Å². The van der Waals surface area contributed by atoms with Gasteiger partial charge in [-0.1, -0.05) is 30.7 Å². The fourth-order valence-corrected chi connectivity index (χ4v) is 3.17. The van der Waals surface area contributed by atoms with E-state index in [0.29, 0.717) is 13.1 Å². The highest BCUT2D eigenvalue weighted by Crippen LogP contribution is 2.13. The minimum Gasteiger partial charge on any atom is -0.354 e. The Balaban J connectivity index is 1.69. The van der Waals surface area contributed by atoms with Crippen molar-refractivity contribution < 1.29 is 9.59 Å². The van der Waals surface area contributed by atoms with Gasteiger partial charge >= 0.3 is 0 Å². The molecule has 2 rings (SSSR count). The standard InChI is InChI=1S/C19H29ClN4O2/c1-3-7-21-19(26)15(2)22-18(25)14-24-10-8-23(9-11-24)13-16-5-4-6-17(20)12-16/h4-6,12,15H,3,7-11,13-14H2,1-2H3,(H,21,26)(H,22,25)/t15-/m0/s1. The van der Waals surface area contributed by atoms with E-state index in [4.69, 9.17) is 11.6 Å². The van der Waals surface area contributed by atoms with Crippen molar-refractivity contribution in [3.63, 3.8) is 0 Å². The number of halogens is 1. The number of benzene rings is 1. The predicted molar refractivity (Wildman–Crippen MR) is 104 cm³/mol. The van der Waals surface area contributed by atoms with Gasteiger partial charge in [-0.05, 0) is 31.0 Å². The van der Waals surface area contributed by atoms with Crippen LogP contribution < -0.4 is 10.6 Å². The molecule has 0 unspecified atom stereocenters. The van der Waals surface area contributed by atoms with Crippen LogP contribution in [-0.4, -0.2) is 66.9 Å². The molecule has 1 fully saturated rings. The van der Waals surface area contributed by atoms with Crippen molar-refractivity contribution in [2.24, 2.45) is 0 Å². The number of hydrogen-bond donors (Lipinski definition) is 2. The van der Waals surface area contributed by atoms with E-state index in [9.17, 15) is 9.59 Å². The predicted octanol–water partition coefficient (Wildman–Crippen LogP) is 1.49. The smallest absolute Gasteiger partial charge is 0.242 e. The number of rotatable bonds is 8. The van der Waals surface area contributed by atoms with Crippen molar-refractivity contribution in [3.8, 4) is 0 Å². The molecule has 2 amide bonds. The SMILES string of the molecule is CCCNC(=O)[C@H](C)NC(=O)CN1CCN(Cc2cccc(Cl)c2)CC1. The topological polar surface area (TPSA) is 64.7 Å². The largest absolute Gasteiger partial charge is 0.354 e. The summed E-state index contributed by atoms with van der Waals surface area (Å²) in [5.41, 5.74) is 1.20. The lowest BCUT2D eigenvalue weighted by Crippen LogP contribution is -2.52. The molecular weight excluding hydrogens is 352 g/mol. The Labute approximate surface area is 160 Å². The van der Waals surface area contributed by atoms with Crippen LogP contribution in [0.15, 0.2) is 24.3 Å². The molecule has 0 aromatic heterocycles. The first-order valence-corrected chi connectivity index (χ1v) is 9.62. The summed E-state index contributed by atoms with van der Waals surface area (Å²) in [6.07, 6.45) is 0.881. The van der Waals surface area contributed by atoms with Crippen LogP contribution in [0.1, 0.15) is 25.8 Å². The van der Waals surface area contributed by atoms with E-state index in [1.54, 1.807) is 6.92 Å². The lowest BCUT2D eigenvalue weighted by atomic mass is 10.2. The highest BCUT2D eigenvalue weighted by molar-refractivity contribution is 6.30. The molecular formula is C19H29ClN4O2. The summed E-state index contributed by atoms with van der Waals surface area (Å²) in [7, 11) is 0.